The summed E-state index contributed by atoms with van der Waals surface area (Å²) in [5, 5.41) is 15.4. The molecule has 2 heterocycles. The van der Waals surface area contributed by atoms with Gasteiger partial charge in [0.1, 0.15) is 23.9 Å². The highest BCUT2D eigenvalue weighted by Gasteiger charge is 2.22. The number of aromatic nitrogens is 3. The lowest BCUT2D eigenvalue weighted by atomic mass is 10.0. The Labute approximate surface area is 188 Å². The van der Waals surface area contributed by atoms with Gasteiger partial charge in [0, 0.05) is 25.6 Å². The number of nitrogens with zero attached hydrogens (tertiary/aromatic N) is 4. The number of aliphatic imine (C=N–C) groups is 1. The van der Waals surface area contributed by atoms with E-state index in [0.29, 0.717) is 19.8 Å². The Morgan fingerprint density at radius 2 is 1.97 bits per heavy atom. The number of hydrogen-bond donors (Lipinski definition) is 2. The lowest BCUT2D eigenvalue weighted by Crippen LogP contribution is -2.41. The summed E-state index contributed by atoms with van der Waals surface area (Å²) in [6.07, 6.45) is 1.72. The number of rotatable bonds is 8. The zero-order valence-electron chi connectivity index (χ0n) is 18.6. The molecule has 3 aromatic rings. The zero-order chi connectivity index (χ0) is 22.2. The van der Waals surface area contributed by atoms with Crippen LogP contribution in [0.5, 0.6) is 11.5 Å². The highest BCUT2D eigenvalue weighted by Crippen LogP contribution is 2.31. The maximum Gasteiger partial charge on any atom is 0.192 e. The molecule has 1 unspecified atom stereocenters. The Morgan fingerprint density at radius 3 is 2.78 bits per heavy atom. The van der Waals surface area contributed by atoms with Crippen molar-refractivity contribution in [3.63, 3.8) is 0 Å². The van der Waals surface area contributed by atoms with Crippen LogP contribution in [0.4, 0.5) is 0 Å². The van der Waals surface area contributed by atoms with E-state index in [1.54, 1.807) is 0 Å². The Balaban J connectivity index is 1.38. The van der Waals surface area contributed by atoms with E-state index >= 15 is 0 Å². The summed E-state index contributed by atoms with van der Waals surface area (Å²) >= 11 is 0. The number of hydrogen-bond acceptors (Lipinski definition) is 5. The summed E-state index contributed by atoms with van der Waals surface area (Å²) in [6, 6.07) is 18.1. The van der Waals surface area contributed by atoms with Crippen molar-refractivity contribution in [1.29, 1.82) is 0 Å². The first kappa shape index (κ1) is 21.7. The Morgan fingerprint density at radius 1 is 1.16 bits per heavy atom. The number of para-hydroxylation sites is 2. The van der Waals surface area contributed by atoms with Gasteiger partial charge in [-0.1, -0.05) is 36.4 Å². The summed E-state index contributed by atoms with van der Waals surface area (Å²) in [4.78, 5) is 4.78. The van der Waals surface area contributed by atoms with E-state index in [2.05, 4.69) is 26.9 Å². The minimum Gasteiger partial charge on any atom is -0.494 e. The van der Waals surface area contributed by atoms with Crippen LogP contribution in [-0.4, -0.2) is 40.5 Å². The first-order valence-electron chi connectivity index (χ1n) is 11.0. The van der Waals surface area contributed by atoms with Crippen molar-refractivity contribution in [2.75, 3.05) is 19.8 Å². The zero-order valence-corrected chi connectivity index (χ0v) is 18.6. The molecule has 0 aliphatic carbocycles. The second-order valence-corrected chi connectivity index (χ2v) is 7.70. The van der Waals surface area contributed by atoms with Crippen LogP contribution in [0.15, 0.2) is 59.6 Å². The van der Waals surface area contributed by atoms with Gasteiger partial charge in [-0.25, -0.2) is 4.99 Å². The first-order chi connectivity index (χ1) is 15.7. The van der Waals surface area contributed by atoms with Gasteiger partial charge in [-0.3, -0.25) is 0 Å². The first-order valence-corrected chi connectivity index (χ1v) is 11.0. The summed E-state index contributed by atoms with van der Waals surface area (Å²) in [6.45, 7) is 4.42. The monoisotopic (exact) mass is 434 g/mol. The van der Waals surface area contributed by atoms with Gasteiger partial charge in [0.15, 0.2) is 11.8 Å². The van der Waals surface area contributed by atoms with Gasteiger partial charge in [0.2, 0.25) is 0 Å². The van der Waals surface area contributed by atoms with E-state index in [4.69, 9.17) is 14.5 Å². The fourth-order valence-electron chi connectivity index (χ4n) is 3.53. The third-order valence-corrected chi connectivity index (χ3v) is 5.46. The normalized spacial score (nSPS) is 15.6. The second-order valence-electron chi connectivity index (χ2n) is 7.70. The highest BCUT2D eigenvalue weighted by atomic mass is 16.5. The molecule has 0 saturated carbocycles. The molecule has 1 aliphatic heterocycles. The molecule has 2 aromatic carbocycles. The van der Waals surface area contributed by atoms with E-state index in [-0.39, 0.29) is 6.04 Å². The van der Waals surface area contributed by atoms with E-state index in [0.717, 1.165) is 54.1 Å². The third-order valence-electron chi connectivity index (χ3n) is 5.46. The molecule has 4 rings (SSSR count). The number of aryl methyl sites for hydroxylation is 1. The van der Waals surface area contributed by atoms with E-state index in [1.807, 2.05) is 67.1 Å². The van der Waals surface area contributed by atoms with Crippen molar-refractivity contribution >= 4 is 5.96 Å². The van der Waals surface area contributed by atoms with Crippen molar-refractivity contribution in [2.45, 2.75) is 32.4 Å². The largest absolute Gasteiger partial charge is 0.494 e. The van der Waals surface area contributed by atoms with Crippen LogP contribution >= 0.6 is 0 Å². The fourth-order valence-corrected chi connectivity index (χ4v) is 3.53. The number of fused-ring (bicyclic) bond motifs is 1. The van der Waals surface area contributed by atoms with Crippen LogP contribution in [0, 0.1) is 6.92 Å². The predicted octanol–water partition coefficient (Wildman–Crippen LogP) is 3.15. The smallest absolute Gasteiger partial charge is 0.192 e. The van der Waals surface area contributed by atoms with Crippen LogP contribution < -0.4 is 20.1 Å². The van der Waals surface area contributed by atoms with Crippen LogP contribution in [0.25, 0.3) is 0 Å². The van der Waals surface area contributed by atoms with Gasteiger partial charge in [-0.15, -0.1) is 10.2 Å². The molecule has 0 saturated heterocycles. The molecule has 2 N–H and O–H groups in total. The molecule has 1 aromatic heterocycles. The molecule has 1 aliphatic rings. The SMILES string of the molecule is Cc1nnc(CN=C(NCCCOc2ccccc2)NC2CCOc3ccccc32)n1C. The Bertz CT molecular complexity index is 1030. The second kappa shape index (κ2) is 10.7. The molecule has 0 bridgehead atoms. The molecule has 8 nitrogen and oxygen atoms in total. The van der Waals surface area contributed by atoms with Crippen molar-refractivity contribution in [2.24, 2.45) is 12.0 Å². The van der Waals surface area contributed by atoms with Gasteiger partial charge in [-0.05, 0) is 31.5 Å². The quantitative estimate of drug-likeness (QED) is 0.322. The van der Waals surface area contributed by atoms with Gasteiger partial charge in [0.05, 0.1) is 19.3 Å². The highest BCUT2D eigenvalue weighted by molar-refractivity contribution is 5.80. The van der Waals surface area contributed by atoms with Crippen molar-refractivity contribution in [3.8, 4) is 11.5 Å². The van der Waals surface area contributed by atoms with Crippen LogP contribution in [0.2, 0.25) is 0 Å². The number of guanidine groups is 1. The molecule has 1 atom stereocenters. The van der Waals surface area contributed by atoms with E-state index in [1.165, 1.54) is 0 Å². The predicted molar refractivity (Wildman–Crippen MR) is 124 cm³/mol. The average molecular weight is 435 g/mol. The van der Waals surface area contributed by atoms with Gasteiger partial charge < -0.3 is 24.7 Å². The number of nitrogens with one attached hydrogen (secondary N) is 2. The molecule has 0 radical (unpaired) electrons. The van der Waals surface area contributed by atoms with Gasteiger partial charge in [0.25, 0.3) is 0 Å². The minimum absolute atomic E-state index is 0.132. The summed E-state index contributed by atoms with van der Waals surface area (Å²) in [5.74, 6) is 4.25. The number of benzene rings is 2. The van der Waals surface area contributed by atoms with Crippen molar-refractivity contribution in [1.82, 2.24) is 25.4 Å². The molecule has 8 heteroatoms. The van der Waals surface area contributed by atoms with Crippen molar-refractivity contribution < 1.29 is 9.47 Å². The van der Waals surface area contributed by atoms with E-state index < -0.39 is 0 Å². The number of ether oxygens (including phenoxy) is 2. The van der Waals surface area contributed by atoms with Crippen LogP contribution in [0.3, 0.4) is 0 Å². The maximum absolute atomic E-state index is 5.80. The topological polar surface area (TPSA) is 85.6 Å². The summed E-state index contributed by atoms with van der Waals surface area (Å²) in [5.41, 5.74) is 1.15. The van der Waals surface area contributed by atoms with Crippen LogP contribution in [0.1, 0.15) is 36.1 Å². The lowest BCUT2D eigenvalue weighted by molar-refractivity contribution is 0.261. The molecular formula is C24H30N6O2. The third kappa shape index (κ3) is 5.57. The molecule has 0 fully saturated rings. The summed E-state index contributed by atoms with van der Waals surface area (Å²) in [7, 11) is 1.95. The Kier molecular flexibility index (Phi) is 7.22. The van der Waals surface area contributed by atoms with E-state index in [9.17, 15) is 0 Å². The van der Waals surface area contributed by atoms with Crippen LogP contribution in [-0.2, 0) is 13.6 Å². The molecular weight excluding hydrogens is 404 g/mol. The van der Waals surface area contributed by atoms with Gasteiger partial charge in [-0.2, -0.15) is 0 Å². The Hall–Kier alpha value is -3.55. The molecule has 0 amide bonds. The molecule has 0 spiro atoms. The molecule has 168 valence electrons. The standard InChI is InChI=1S/C24H30N6O2/c1-18-28-29-23(30(18)2)17-26-24(25-14-8-15-31-19-9-4-3-5-10-19)27-21-13-16-32-22-12-7-6-11-20(21)22/h3-7,9-12,21H,8,13-17H2,1-2H3,(H2,25,26,27). The fraction of sp³-hybridized carbons (Fsp3) is 0.375. The molecule has 32 heavy (non-hydrogen) atoms. The van der Waals surface area contributed by atoms with Gasteiger partial charge >= 0.3 is 0 Å². The summed E-state index contributed by atoms with van der Waals surface area (Å²) < 4.78 is 13.6. The van der Waals surface area contributed by atoms with Crippen molar-refractivity contribution in [3.05, 3.63) is 71.8 Å². The maximum atomic E-state index is 5.80. The average Bonchev–Trinajstić information content (AvgIpc) is 3.15. The minimum atomic E-state index is 0.132. The lowest BCUT2D eigenvalue weighted by Gasteiger charge is -2.28.